The molecule has 204 valence electrons. The van der Waals surface area contributed by atoms with E-state index in [9.17, 15) is 19.2 Å². The van der Waals surface area contributed by atoms with Gasteiger partial charge in [-0.15, -0.1) is 0 Å². The molecule has 3 amide bonds. The van der Waals surface area contributed by atoms with Gasteiger partial charge in [-0.25, -0.2) is 14.6 Å². The van der Waals surface area contributed by atoms with E-state index in [1.165, 1.54) is 7.11 Å². The maximum Gasteiger partial charge on any atom is 0.409 e. The van der Waals surface area contributed by atoms with Gasteiger partial charge < -0.3 is 29.3 Å². The normalized spacial score (nSPS) is 13.1. The maximum atomic E-state index is 13.1. The minimum atomic E-state index is -0.546. The first-order valence-electron chi connectivity index (χ1n) is 12.6. The van der Waals surface area contributed by atoms with Gasteiger partial charge in [0.1, 0.15) is 6.61 Å². The lowest BCUT2D eigenvalue weighted by atomic mass is 10.1. The lowest BCUT2D eigenvalue weighted by Gasteiger charge is -2.34. The van der Waals surface area contributed by atoms with E-state index in [1.807, 2.05) is 18.2 Å². The van der Waals surface area contributed by atoms with Crippen molar-refractivity contribution in [3.05, 3.63) is 71.4 Å². The number of rotatable bonds is 8. The van der Waals surface area contributed by atoms with Crippen LogP contribution >= 0.6 is 0 Å². The first-order valence-corrected chi connectivity index (χ1v) is 12.6. The molecule has 0 unspecified atom stereocenters. The fourth-order valence-electron chi connectivity index (χ4n) is 4.09. The number of carbonyl (C=O) groups excluding carboxylic acids is 4. The Balaban J connectivity index is 1.41. The van der Waals surface area contributed by atoms with Crippen LogP contribution in [0, 0.1) is 0 Å². The second kappa shape index (κ2) is 12.7. The van der Waals surface area contributed by atoms with Gasteiger partial charge in [-0.05, 0) is 36.8 Å². The van der Waals surface area contributed by atoms with Gasteiger partial charge in [-0.2, -0.15) is 0 Å². The fourth-order valence-corrected chi connectivity index (χ4v) is 4.09. The first kappa shape index (κ1) is 27.4. The zero-order chi connectivity index (χ0) is 27.8. The minimum absolute atomic E-state index is 0.0554. The Morgan fingerprint density at radius 3 is 2.33 bits per heavy atom. The molecule has 2 aromatic carbocycles. The minimum Gasteiger partial charge on any atom is -0.486 e. The van der Waals surface area contributed by atoms with Crippen molar-refractivity contribution in [1.29, 1.82) is 0 Å². The van der Waals surface area contributed by atoms with E-state index >= 15 is 0 Å². The predicted octanol–water partition coefficient (Wildman–Crippen LogP) is 2.63. The highest BCUT2D eigenvalue weighted by Gasteiger charge is 2.25. The van der Waals surface area contributed by atoms with Crippen molar-refractivity contribution in [2.45, 2.75) is 13.5 Å². The number of nitrogens with one attached hydrogen (secondary N) is 1. The summed E-state index contributed by atoms with van der Waals surface area (Å²) in [6, 6.07) is 15.8. The number of amides is 3. The molecule has 11 nitrogen and oxygen atoms in total. The third kappa shape index (κ3) is 6.81. The van der Waals surface area contributed by atoms with Crippen molar-refractivity contribution in [3.63, 3.8) is 0 Å². The lowest BCUT2D eigenvalue weighted by Crippen LogP contribution is -2.52. The summed E-state index contributed by atoms with van der Waals surface area (Å²) in [7, 11) is 1.32. The van der Waals surface area contributed by atoms with E-state index in [0.717, 1.165) is 10.9 Å². The molecule has 1 N–H and O–H groups in total. The number of nitrogens with zero attached hydrogens (tertiary/aromatic N) is 3. The molecule has 3 aromatic rings. The van der Waals surface area contributed by atoms with Crippen molar-refractivity contribution >= 4 is 34.8 Å². The monoisotopic (exact) mass is 534 g/mol. The van der Waals surface area contributed by atoms with E-state index in [0.29, 0.717) is 43.9 Å². The van der Waals surface area contributed by atoms with E-state index < -0.39 is 18.0 Å². The first-order chi connectivity index (χ1) is 18.9. The molecule has 1 aliphatic heterocycles. The second-order valence-corrected chi connectivity index (χ2v) is 8.75. The number of benzene rings is 2. The number of methoxy groups -OCH3 is 1. The molecule has 0 bridgehead atoms. The number of piperazine rings is 1. The molecule has 0 aliphatic carbocycles. The zero-order valence-electron chi connectivity index (χ0n) is 21.8. The Labute approximate surface area is 225 Å². The van der Waals surface area contributed by atoms with Crippen LogP contribution in [0.25, 0.3) is 10.9 Å². The van der Waals surface area contributed by atoms with Crippen LogP contribution in [0.15, 0.2) is 54.6 Å². The average molecular weight is 535 g/mol. The fraction of sp³-hybridized carbons (Fsp3) is 0.321. The third-order valence-corrected chi connectivity index (χ3v) is 6.23. The van der Waals surface area contributed by atoms with Crippen LogP contribution in [0.1, 0.15) is 33.3 Å². The number of carbonyl (C=O) groups is 4. The Kier molecular flexibility index (Phi) is 8.93. The summed E-state index contributed by atoms with van der Waals surface area (Å²) in [6.07, 6.45) is -0.396. The number of aromatic nitrogens is 1. The molecule has 1 aromatic heterocycles. The Morgan fingerprint density at radius 1 is 0.949 bits per heavy atom. The summed E-state index contributed by atoms with van der Waals surface area (Å²) in [4.78, 5) is 57.0. The third-order valence-electron chi connectivity index (χ3n) is 6.23. The summed E-state index contributed by atoms with van der Waals surface area (Å²) in [6.45, 7) is 3.38. The van der Waals surface area contributed by atoms with Crippen LogP contribution in [0.3, 0.4) is 0 Å². The molecule has 0 spiro atoms. The summed E-state index contributed by atoms with van der Waals surface area (Å²) < 4.78 is 15.7. The van der Waals surface area contributed by atoms with Crippen molar-refractivity contribution in [2.24, 2.45) is 0 Å². The zero-order valence-corrected chi connectivity index (χ0v) is 21.8. The average Bonchev–Trinajstić information content (AvgIpc) is 2.98. The summed E-state index contributed by atoms with van der Waals surface area (Å²) in [5.41, 5.74) is 1.86. The van der Waals surface area contributed by atoms with E-state index in [1.54, 1.807) is 53.1 Å². The summed E-state index contributed by atoms with van der Waals surface area (Å²) in [5, 5.41) is 3.44. The Bertz CT molecular complexity index is 1350. The molecule has 1 aliphatic rings. The molecule has 0 radical (unpaired) electrons. The summed E-state index contributed by atoms with van der Waals surface area (Å²) >= 11 is 0. The second-order valence-electron chi connectivity index (χ2n) is 8.75. The molecular formula is C28H30N4O7. The van der Waals surface area contributed by atoms with Crippen LogP contribution in [0.4, 0.5) is 4.79 Å². The number of pyridine rings is 1. The van der Waals surface area contributed by atoms with Gasteiger partial charge in [-0.1, -0.05) is 30.3 Å². The highest BCUT2D eigenvalue weighted by molar-refractivity contribution is 5.99. The SMILES string of the molecule is CCOC(=O)N1CCN(C(=O)CNC(=O)c2nc3ccccc3cc2OCc2ccc(C(=O)OC)cc2)CC1. The number of para-hydroxylation sites is 1. The van der Waals surface area contributed by atoms with E-state index in [-0.39, 0.29) is 30.5 Å². The maximum absolute atomic E-state index is 13.1. The molecule has 1 saturated heterocycles. The topological polar surface area (TPSA) is 127 Å². The Morgan fingerprint density at radius 2 is 1.64 bits per heavy atom. The number of ether oxygens (including phenoxy) is 3. The van der Waals surface area contributed by atoms with Gasteiger partial charge in [0.25, 0.3) is 5.91 Å². The Hall–Kier alpha value is -4.67. The number of fused-ring (bicyclic) bond motifs is 1. The molecule has 11 heteroatoms. The quantitative estimate of drug-likeness (QED) is 0.437. The van der Waals surface area contributed by atoms with Crippen LogP contribution in [-0.2, 0) is 20.9 Å². The molecule has 39 heavy (non-hydrogen) atoms. The van der Waals surface area contributed by atoms with Crippen LogP contribution in [0.5, 0.6) is 5.75 Å². The van der Waals surface area contributed by atoms with Gasteiger partial charge >= 0.3 is 12.1 Å². The number of hydrogen-bond donors (Lipinski definition) is 1. The van der Waals surface area contributed by atoms with Crippen molar-refractivity contribution in [1.82, 2.24) is 20.1 Å². The lowest BCUT2D eigenvalue weighted by molar-refractivity contribution is -0.131. The number of hydrogen-bond acceptors (Lipinski definition) is 8. The molecule has 1 fully saturated rings. The van der Waals surface area contributed by atoms with E-state index in [4.69, 9.17) is 14.2 Å². The largest absolute Gasteiger partial charge is 0.486 e. The highest BCUT2D eigenvalue weighted by atomic mass is 16.6. The van der Waals surface area contributed by atoms with Gasteiger partial charge in [0.2, 0.25) is 5.91 Å². The smallest absolute Gasteiger partial charge is 0.409 e. The van der Waals surface area contributed by atoms with Crippen molar-refractivity contribution < 1.29 is 33.4 Å². The highest BCUT2D eigenvalue weighted by Crippen LogP contribution is 2.24. The molecule has 4 rings (SSSR count). The van der Waals surface area contributed by atoms with Gasteiger partial charge in [0.05, 0.1) is 31.3 Å². The molecular weight excluding hydrogens is 504 g/mol. The predicted molar refractivity (Wildman–Crippen MR) is 141 cm³/mol. The van der Waals surface area contributed by atoms with Gasteiger partial charge in [0.15, 0.2) is 11.4 Å². The molecule has 0 saturated carbocycles. The van der Waals surface area contributed by atoms with Crippen molar-refractivity contribution in [3.8, 4) is 5.75 Å². The number of esters is 1. The van der Waals surface area contributed by atoms with Gasteiger partial charge in [0, 0.05) is 31.6 Å². The molecule has 2 heterocycles. The standard InChI is InChI=1S/C28H30N4O7/c1-3-38-28(36)32-14-12-31(13-15-32)24(33)17-29-26(34)25-23(16-21-6-4-5-7-22(21)30-25)39-18-19-8-10-20(11-9-19)27(35)37-2/h4-11,16H,3,12-15,17-18H2,1-2H3,(H,29,34). The van der Waals surface area contributed by atoms with Crippen LogP contribution in [-0.4, -0.2) is 85.1 Å². The van der Waals surface area contributed by atoms with Crippen LogP contribution in [0.2, 0.25) is 0 Å². The van der Waals surface area contributed by atoms with Crippen LogP contribution < -0.4 is 10.1 Å². The van der Waals surface area contributed by atoms with E-state index in [2.05, 4.69) is 10.3 Å². The van der Waals surface area contributed by atoms with Gasteiger partial charge in [-0.3, -0.25) is 9.59 Å². The van der Waals surface area contributed by atoms with Crippen molar-refractivity contribution in [2.75, 3.05) is 46.4 Å². The molecule has 0 atom stereocenters. The summed E-state index contributed by atoms with van der Waals surface area (Å²) in [5.74, 6) is -0.981.